The zero-order chi connectivity index (χ0) is 23.4. The van der Waals surface area contributed by atoms with Gasteiger partial charge in [-0.1, -0.05) is 18.2 Å². The molecule has 2 heterocycles. The lowest BCUT2D eigenvalue weighted by atomic mass is 10.1. The average molecular weight is 510 g/mol. The molecule has 2 aromatic carbocycles. The van der Waals surface area contributed by atoms with Crippen LogP contribution in [0.15, 0.2) is 46.9 Å². The number of hydrogen-bond donors (Lipinski definition) is 1. The van der Waals surface area contributed by atoms with Crippen molar-refractivity contribution in [3.8, 4) is 11.5 Å². The molecule has 0 amide bonds. The van der Waals surface area contributed by atoms with Crippen LogP contribution in [0.5, 0.6) is 11.5 Å². The molecule has 0 aliphatic carbocycles. The van der Waals surface area contributed by atoms with E-state index in [1.807, 2.05) is 30.3 Å². The van der Waals surface area contributed by atoms with Crippen molar-refractivity contribution in [1.29, 1.82) is 0 Å². The summed E-state index contributed by atoms with van der Waals surface area (Å²) in [5.74, 6) is 2.53. The second-order valence-corrected chi connectivity index (χ2v) is 9.54. The normalized spacial score (nSPS) is 13.8. The monoisotopic (exact) mass is 509 g/mol. The summed E-state index contributed by atoms with van der Waals surface area (Å²) in [6, 6.07) is 14.3. The van der Waals surface area contributed by atoms with Crippen molar-refractivity contribution in [3.05, 3.63) is 74.9 Å². The molecule has 0 spiro atoms. The van der Waals surface area contributed by atoms with Gasteiger partial charge in [-0.05, 0) is 104 Å². The fourth-order valence-corrected chi connectivity index (χ4v) is 4.69. The van der Waals surface area contributed by atoms with Crippen molar-refractivity contribution in [2.24, 2.45) is 0 Å². The Balaban J connectivity index is 1.50. The van der Waals surface area contributed by atoms with Gasteiger partial charge in [0.1, 0.15) is 23.9 Å². The molecule has 0 bridgehead atoms. The smallest absolute Gasteiger partial charge is 0.145 e. The molecule has 1 fully saturated rings. The Morgan fingerprint density at radius 3 is 2.45 bits per heavy atom. The topological polar surface area (TPSA) is 46.6 Å². The first-order chi connectivity index (χ1) is 15.9. The SMILES string of the molecule is COc1ccc(COc2ccc(C)c(Nc3nc(C)c(CN4CCCC4)cc3Br)c2C)cc1. The van der Waals surface area contributed by atoms with Crippen LogP contribution in [-0.4, -0.2) is 30.1 Å². The van der Waals surface area contributed by atoms with Gasteiger partial charge in [0.25, 0.3) is 0 Å². The van der Waals surface area contributed by atoms with E-state index in [4.69, 9.17) is 14.5 Å². The van der Waals surface area contributed by atoms with E-state index >= 15 is 0 Å². The average Bonchev–Trinajstić information content (AvgIpc) is 3.32. The molecular formula is C27H32BrN3O2. The molecule has 174 valence electrons. The molecule has 0 saturated carbocycles. The third kappa shape index (κ3) is 5.68. The Morgan fingerprint density at radius 2 is 1.76 bits per heavy atom. The third-order valence-corrected chi connectivity index (χ3v) is 6.89. The Labute approximate surface area is 205 Å². The first kappa shape index (κ1) is 23.6. The number of halogens is 1. The zero-order valence-corrected chi connectivity index (χ0v) is 21.5. The molecular weight excluding hydrogens is 478 g/mol. The van der Waals surface area contributed by atoms with Gasteiger partial charge >= 0.3 is 0 Å². The highest BCUT2D eigenvalue weighted by Gasteiger charge is 2.16. The van der Waals surface area contributed by atoms with Crippen LogP contribution in [0, 0.1) is 20.8 Å². The number of likely N-dealkylation sites (tertiary alicyclic amines) is 1. The number of methoxy groups -OCH3 is 1. The van der Waals surface area contributed by atoms with Gasteiger partial charge in [0.2, 0.25) is 0 Å². The summed E-state index contributed by atoms with van der Waals surface area (Å²) < 4.78 is 12.4. The molecule has 1 aromatic heterocycles. The van der Waals surface area contributed by atoms with E-state index < -0.39 is 0 Å². The van der Waals surface area contributed by atoms with E-state index in [1.54, 1.807) is 7.11 Å². The minimum atomic E-state index is 0.500. The van der Waals surface area contributed by atoms with Crippen LogP contribution in [0.4, 0.5) is 11.5 Å². The van der Waals surface area contributed by atoms with Crippen molar-refractivity contribution in [3.63, 3.8) is 0 Å². The maximum Gasteiger partial charge on any atom is 0.145 e. The molecule has 1 aliphatic heterocycles. The number of nitrogens with zero attached hydrogens (tertiary/aromatic N) is 2. The molecule has 1 saturated heterocycles. The van der Waals surface area contributed by atoms with E-state index in [-0.39, 0.29) is 0 Å². The van der Waals surface area contributed by atoms with Gasteiger partial charge in [0, 0.05) is 23.5 Å². The first-order valence-electron chi connectivity index (χ1n) is 11.5. The van der Waals surface area contributed by atoms with Gasteiger partial charge < -0.3 is 14.8 Å². The predicted molar refractivity (Wildman–Crippen MR) is 138 cm³/mol. The quantitative estimate of drug-likeness (QED) is 0.366. The second-order valence-electron chi connectivity index (χ2n) is 8.69. The lowest BCUT2D eigenvalue weighted by molar-refractivity contribution is 0.304. The summed E-state index contributed by atoms with van der Waals surface area (Å²) in [5, 5.41) is 3.56. The Bertz CT molecular complexity index is 1110. The number of benzene rings is 2. The number of aryl methyl sites for hydroxylation is 2. The highest BCUT2D eigenvalue weighted by Crippen LogP contribution is 2.34. The lowest BCUT2D eigenvalue weighted by Gasteiger charge is -2.20. The van der Waals surface area contributed by atoms with E-state index in [0.29, 0.717) is 6.61 Å². The summed E-state index contributed by atoms with van der Waals surface area (Å²) in [6.07, 6.45) is 2.59. The molecule has 6 heteroatoms. The third-order valence-electron chi connectivity index (χ3n) is 6.28. The summed E-state index contributed by atoms with van der Waals surface area (Å²) in [7, 11) is 1.67. The summed E-state index contributed by atoms with van der Waals surface area (Å²) in [5.41, 5.74) is 6.68. The number of rotatable bonds is 8. The molecule has 0 radical (unpaired) electrons. The summed E-state index contributed by atoms with van der Waals surface area (Å²) in [6.45, 7) is 10.1. The van der Waals surface area contributed by atoms with Gasteiger partial charge in [0.05, 0.1) is 11.6 Å². The Kier molecular flexibility index (Phi) is 7.56. The van der Waals surface area contributed by atoms with Crippen LogP contribution in [-0.2, 0) is 13.2 Å². The maximum atomic E-state index is 6.16. The molecule has 4 rings (SSSR count). The van der Waals surface area contributed by atoms with Gasteiger partial charge in [-0.25, -0.2) is 4.98 Å². The van der Waals surface area contributed by atoms with Crippen LogP contribution in [0.3, 0.4) is 0 Å². The highest BCUT2D eigenvalue weighted by atomic mass is 79.9. The van der Waals surface area contributed by atoms with Gasteiger partial charge in [-0.3, -0.25) is 4.90 Å². The number of nitrogens with one attached hydrogen (secondary N) is 1. The molecule has 1 N–H and O–H groups in total. The van der Waals surface area contributed by atoms with Crippen molar-refractivity contribution >= 4 is 27.4 Å². The Morgan fingerprint density at radius 1 is 1.03 bits per heavy atom. The van der Waals surface area contributed by atoms with Gasteiger partial charge in [-0.15, -0.1) is 0 Å². The van der Waals surface area contributed by atoms with Crippen LogP contribution >= 0.6 is 15.9 Å². The highest BCUT2D eigenvalue weighted by molar-refractivity contribution is 9.10. The fraction of sp³-hybridized carbons (Fsp3) is 0.370. The van der Waals surface area contributed by atoms with Crippen LogP contribution < -0.4 is 14.8 Å². The number of pyridine rings is 1. The molecule has 5 nitrogen and oxygen atoms in total. The van der Waals surface area contributed by atoms with Crippen LogP contribution in [0.25, 0.3) is 0 Å². The number of aromatic nitrogens is 1. The van der Waals surface area contributed by atoms with Gasteiger partial charge in [0.15, 0.2) is 0 Å². The van der Waals surface area contributed by atoms with E-state index in [0.717, 1.165) is 56.4 Å². The summed E-state index contributed by atoms with van der Waals surface area (Å²) >= 11 is 3.74. The van der Waals surface area contributed by atoms with Crippen molar-refractivity contribution < 1.29 is 9.47 Å². The van der Waals surface area contributed by atoms with E-state index in [1.165, 1.54) is 31.5 Å². The van der Waals surface area contributed by atoms with E-state index in [9.17, 15) is 0 Å². The zero-order valence-electron chi connectivity index (χ0n) is 19.9. The van der Waals surface area contributed by atoms with Crippen LogP contribution in [0.2, 0.25) is 0 Å². The molecule has 3 aromatic rings. The minimum absolute atomic E-state index is 0.500. The largest absolute Gasteiger partial charge is 0.497 e. The van der Waals surface area contributed by atoms with Crippen LogP contribution in [0.1, 0.15) is 40.8 Å². The number of hydrogen-bond acceptors (Lipinski definition) is 5. The molecule has 0 unspecified atom stereocenters. The fourth-order valence-electron chi connectivity index (χ4n) is 4.23. The first-order valence-corrected chi connectivity index (χ1v) is 12.2. The molecule has 1 aliphatic rings. The number of anilines is 2. The second kappa shape index (κ2) is 10.6. The van der Waals surface area contributed by atoms with Gasteiger partial charge in [-0.2, -0.15) is 0 Å². The van der Waals surface area contributed by atoms with Crippen molar-refractivity contribution in [2.75, 3.05) is 25.5 Å². The van der Waals surface area contributed by atoms with E-state index in [2.05, 4.69) is 59.1 Å². The Hall–Kier alpha value is -2.57. The lowest BCUT2D eigenvalue weighted by Crippen LogP contribution is -2.19. The van der Waals surface area contributed by atoms with Crippen molar-refractivity contribution in [2.45, 2.75) is 46.8 Å². The standard InChI is InChI=1S/C27H32BrN3O2/c1-18-7-12-25(33-17-21-8-10-23(32-4)11-9-21)19(2)26(18)30-27-24(28)15-22(20(3)29-27)16-31-13-5-6-14-31/h7-12,15H,5-6,13-14,16-17H2,1-4H3,(H,29,30). The minimum Gasteiger partial charge on any atom is -0.497 e. The molecule has 33 heavy (non-hydrogen) atoms. The van der Waals surface area contributed by atoms with Crippen molar-refractivity contribution in [1.82, 2.24) is 9.88 Å². The molecule has 0 atom stereocenters. The number of ether oxygens (including phenoxy) is 2. The maximum absolute atomic E-state index is 6.16. The predicted octanol–water partition coefficient (Wildman–Crippen LogP) is 6.70. The summed E-state index contributed by atoms with van der Waals surface area (Å²) in [4.78, 5) is 7.40.